The molecule has 27 heavy (non-hydrogen) atoms. The molecule has 0 saturated carbocycles. The molecule has 0 unspecified atom stereocenters. The highest BCUT2D eigenvalue weighted by Crippen LogP contribution is 2.20. The lowest BCUT2D eigenvalue weighted by atomic mass is 10.2. The second kappa shape index (κ2) is 7.82. The Morgan fingerprint density at radius 3 is 2.15 bits per heavy atom. The van der Waals surface area contributed by atoms with Crippen molar-refractivity contribution in [1.82, 2.24) is 0 Å². The van der Waals surface area contributed by atoms with E-state index in [9.17, 15) is 13.2 Å². The van der Waals surface area contributed by atoms with E-state index in [1.54, 1.807) is 36.4 Å². The Labute approximate surface area is 163 Å². The van der Waals surface area contributed by atoms with Crippen LogP contribution in [0.2, 0.25) is 5.02 Å². The number of anilines is 2. The van der Waals surface area contributed by atoms with Crippen molar-refractivity contribution >= 4 is 38.9 Å². The van der Waals surface area contributed by atoms with Crippen molar-refractivity contribution in [2.24, 2.45) is 0 Å². The Bertz CT molecular complexity index is 1060. The minimum Gasteiger partial charge on any atom is -0.322 e. The maximum absolute atomic E-state index is 12.5. The van der Waals surface area contributed by atoms with Crippen LogP contribution >= 0.6 is 11.6 Å². The number of hydrogen-bond donors (Lipinski definition) is 2. The van der Waals surface area contributed by atoms with Gasteiger partial charge in [0.15, 0.2) is 0 Å². The van der Waals surface area contributed by atoms with Gasteiger partial charge in [-0.05, 0) is 67.1 Å². The van der Waals surface area contributed by atoms with Gasteiger partial charge in [0.2, 0.25) is 0 Å². The van der Waals surface area contributed by atoms with Crippen LogP contribution in [0.5, 0.6) is 0 Å². The summed E-state index contributed by atoms with van der Waals surface area (Å²) in [6.07, 6.45) is 0. The van der Waals surface area contributed by atoms with Gasteiger partial charge in [0.1, 0.15) is 0 Å². The van der Waals surface area contributed by atoms with E-state index in [1.165, 1.54) is 24.3 Å². The highest BCUT2D eigenvalue weighted by Gasteiger charge is 2.16. The van der Waals surface area contributed by atoms with Gasteiger partial charge >= 0.3 is 0 Å². The molecule has 0 saturated heterocycles. The van der Waals surface area contributed by atoms with Crippen LogP contribution in [0.4, 0.5) is 11.4 Å². The standard InChI is InChI=1S/C20H17ClN2O3S/c1-14-4-2-3-5-19(14)23-27(25,26)18-12-6-15(7-13-18)20(24)22-17-10-8-16(21)9-11-17/h2-13,23H,1H3,(H,22,24). The van der Waals surface area contributed by atoms with Crippen molar-refractivity contribution in [3.05, 3.63) is 88.9 Å². The fraction of sp³-hybridized carbons (Fsp3) is 0.0500. The predicted molar refractivity (Wildman–Crippen MR) is 108 cm³/mol. The van der Waals surface area contributed by atoms with Gasteiger partial charge in [-0.25, -0.2) is 8.42 Å². The van der Waals surface area contributed by atoms with E-state index >= 15 is 0 Å². The van der Waals surface area contributed by atoms with Crippen LogP contribution < -0.4 is 10.0 Å². The second-order valence-corrected chi connectivity index (χ2v) is 8.02. The molecule has 0 bridgehead atoms. The van der Waals surface area contributed by atoms with Crippen molar-refractivity contribution in [3.8, 4) is 0 Å². The summed E-state index contributed by atoms with van der Waals surface area (Å²) in [6.45, 7) is 1.82. The zero-order valence-corrected chi connectivity index (χ0v) is 16.0. The normalized spacial score (nSPS) is 11.0. The van der Waals surface area contributed by atoms with Crippen molar-refractivity contribution in [2.75, 3.05) is 10.0 Å². The minimum absolute atomic E-state index is 0.0776. The number of carbonyl (C=O) groups is 1. The molecule has 7 heteroatoms. The Hall–Kier alpha value is -2.83. The molecule has 0 aromatic heterocycles. The SMILES string of the molecule is Cc1ccccc1NS(=O)(=O)c1ccc(C(=O)Nc2ccc(Cl)cc2)cc1. The summed E-state index contributed by atoms with van der Waals surface area (Å²) in [4.78, 5) is 12.4. The quantitative estimate of drug-likeness (QED) is 0.651. The van der Waals surface area contributed by atoms with E-state index < -0.39 is 10.0 Å². The maximum Gasteiger partial charge on any atom is 0.261 e. The van der Waals surface area contributed by atoms with Crippen molar-refractivity contribution < 1.29 is 13.2 Å². The highest BCUT2D eigenvalue weighted by atomic mass is 35.5. The molecule has 0 aliphatic heterocycles. The van der Waals surface area contributed by atoms with E-state index in [-0.39, 0.29) is 10.8 Å². The summed E-state index contributed by atoms with van der Waals surface area (Å²) in [6, 6.07) is 19.6. The van der Waals surface area contributed by atoms with Gasteiger partial charge in [-0.1, -0.05) is 29.8 Å². The molecule has 0 atom stereocenters. The average molecular weight is 401 g/mol. The number of para-hydroxylation sites is 1. The fourth-order valence-electron chi connectivity index (χ4n) is 2.41. The average Bonchev–Trinajstić information content (AvgIpc) is 2.65. The summed E-state index contributed by atoms with van der Waals surface area (Å²) in [5.41, 5.74) is 2.28. The van der Waals surface area contributed by atoms with Crippen LogP contribution in [0.15, 0.2) is 77.7 Å². The van der Waals surface area contributed by atoms with Gasteiger partial charge in [-0.3, -0.25) is 9.52 Å². The molecular weight excluding hydrogens is 384 g/mol. The second-order valence-electron chi connectivity index (χ2n) is 5.91. The smallest absolute Gasteiger partial charge is 0.261 e. The maximum atomic E-state index is 12.5. The van der Waals surface area contributed by atoms with E-state index in [0.717, 1.165) is 5.56 Å². The summed E-state index contributed by atoms with van der Waals surface area (Å²) in [7, 11) is -3.74. The van der Waals surface area contributed by atoms with Crippen molar-refractivity contribution in [1.29, 1.82) is 0 Å². The van der Waals surface area contributed by atoms with E-state index in [4.69, 9.17) is 11.6 Å². The van der Waals surface area contributed by atoms with Crippen LogP contribution in [0.1, 0.15) is 15.9 Å². The van der Waals surface area contributed by atoms with Gasteiger partial charge in [0, 0.05) is 16.3 Å². The van der Waals surface area contributed by atoms with E-state index in [0.29, 0.717) is 22.0 Å². The molecule has 0 heterocycles. The first kappa shape index (κ1) is 18.9. The number of halogens is 1. The zero-order valence-electron chi connectivity index (χ0n) is 14.4. The number of aryl methyl sites for hydroxylation is 1. The van der Waals surface area contributed by atoms with Crippen LogP contribution in [0.25, 0.3) is 0 Å². The number of hydrogen-bond acceptors (Lipinski definition) is 3. The minimum atomic E-state index is -3.74. The van der Waals surface area contributed by atoms with Crippen molar-refractivity contribution in [2.45, 2.75) is 11.8 Å². The molecule has 0 fully saturated rings. The lowest BCUT2D eigenvalue weighted by Gasteiger charge is -2.11. The first-order valence-corrected chi connectivity index (χ1v) is 9.97. The Morgan fingerprint density at radius 2 is 1.52 bits per heavy atom. The largest absolute Gasteiger partial charge is 0.322 e. The summed E-state index contributed by atoms with van der Waals surface area (Å²) < 4.78 is 27.6. The number of sulfonamides is 1. The lowest BCUT2D eigenvalue weighted by molar-refractivity contribution is 0.102. The molecule has 0 aliphatic rings. The van der Waals surface area contributed by atoms with Crippen molar-refractivity contribution in [3.63, 3.8) is 0 Å². The molecule has 2 N–H and O–H groups in total. The third kappa shape index (κ3) is 4.67. The Kier molecular flexibility index (Phi) is 5.48. The molecule has 3 aromatic carbocycles. The molecule has 0 spiro atoms. The predicted octanol–water partition coefficient (Wildman–Crippen LogP) is 4.70. The first-order chi connectivity index (χ1) is 12.8. The molecule has 138 valence electrons. The Balaban J connectivity index is 1.75. The van der Waals surface area contributed by atoms with Gasteiger partial charge in [0.05, 0.1) is 10.6 Å². The molecule has 0 radical (unpaired) electrons. The molecule has 0 aliphatic carbocycles. The van der Waals surface area contributed by atoms with E-state index in [1.807, 2.05) is 19.1 Å². The van der Waals surface area contributed by atoms with Gasteiger partial charge in [-0.2, -0.15) is 0 Å². The number of carbonyl (C=O) groups excluding carboxylic acids is 1. The topological polar surface area (TPSA) is 75.3 Å². The monoisotopic (exact) mass is 400 g/mol. The highest BCUT2D eigenvalue weighted by molar-refractivity contribution is 7.92. The van der Waals surface area contributed by atoms with Crippen LogP contribution in [0.3, 0.4) is 0 Å². The number of nitrogens with one attached hydrogen (secondary N) is 2. The van der Waals surface area contributed by atoms with Gasteiger partial charge in [-0.15, -0.1) is 0 Å². The summed E-state index contributed by atoms with van der Waals surface area (Å²) >= 11 is 5.82. The van der Waals surface area contributed by atoms with Gasteiger partial charge < -0.3 is 5.32 Å². The first-order valence-electron chi connectivity index (χ1n) is 8.10. The molecule has 3 aromatic rings. The lowest BCUT2D eigenvalue weighted by Crippen LogP contribution is -2.15. The Morgan fingerprint density at radius 1 is 0.889 bits per heavy atom. The molecular formula is C20H17ClN2O3S. The van der Waals surface area contributed by atoms with Crippen LogP contribution in [-0.4, -0.2) is 14.3 Å². The van der Waals surface area contributed by atoms with Crippen LogP contribution in [0, 0.1) is 6.92 Å². The van der Waals surface area contributed by atoms with E-state index in [2.05, 4.69) is 10.0 Å². The molecule has 1 amide bonds. The number of benzene rings is 3. The number of amides is 1. The van der Waals surface area contributed by atoms with Crippen LogP contribution in [-0.2, 0) is 10.0 Å². The molecule has 5 nitrogen and oxygen atoms in total. The zero-order chi connectivity index (χ0) is 19.4. The molecule has 3 rings (SSSR count). The third-order valence-electron chi connectivity index (χ3n) is 3.92. The third-order valence-corrected chi connectivity index (χ3v) is 5.55. The van der Waals surface area contributed by atoms with Gasteiger partial charge in [0.25, 0.3) is 15.9 Å². The number of rotatable bonds is 5. The summed E-state index contributed by atoms with van der Waals surface area (Å²) in [5, 5.41) is 3.30. The fourth-order valence-corrected chi connectivity index (χ4v) is 3.67. The summed E-state index contributed by atoms with van der Waals surface area (Å²) in [5.74, 6) is -0.340.